The van der Waals surface area contributed by atoms with Crippen molar-refractivity contribution in [1.29, 1.82) is 0 Å². The maximum Gasteiger partial charge on any atom is 0.250 e. The summed E-state index contributed by atoms with van der Waals surface area (Å²) in [4.78, 5) is 30.4. The minimum atomic E-state index is -0.0941. The average Bonchev–Trinajstić information content (AvgIpc) is 2.99. The quantitative estimate of drug-likeness (QED) is 0.774. The second-order valence-electron chi connectivity index (χ2n) is 5.98. The lowest BCUT2D eigenvalue weighted by atomic mass is 10.2. The number of hydrogen-bond acceptors (Lipinski definition) is 5. The van der Waals surface area contributed by atoms with Gasteiger partial charge in [-0.15, -0.1) is 0 Å². The largest absolute Gasteiger partial charge is 0.337 e. The van der Waals surface area contributed by atoms with E-state index in [4.69, 9.17) is 4.52 Å². The first-order valence-electron chi connectivity index (χ1n) is 8.19. The Balaban J connectivity index is 2.05. The first-order valence-corrected chi connectivity index (χ1v) is 8.19. The summed E-state index contributed by atoms with van der Waals surface area (Å²) >= 11 is 0. The third kappa shape index (κ3) is 4.31. The number of rotatable bonds is 7. The standard InChI is InChI=1S/C17H24N4O3/c1-5-14-18-15(24-19-14)11-21(12(2)3)17(23)9-10-20-13(4)7-6-8-16(20)22/h6-8,12H,5,9-11H2,1-4H3. The van der Waals surface area contributed by atoms with E-state index in [0.29, 0.717) is 24.7 Å². The van der Waals surface area contributed by atoms with Crippen molar-refractivity contribution in [2.75, 3.05) is 0 Å². The maximum absolute atomic E-state index is 12.6. The number of carbonyl (C=O) groups excluding carboxylic acids is 1. The van der Waals surface area contributed by atoms with Gasteiger partial charge in [0, 0.05) is 37.2 Å². The van der Waals surface area contributed by atoms with Gasteiger partial charge in [-0.05, 0) is 26.8 Å². The maximum atomic E-state index is 12.6. The highest BCUT2D eigenvalue weighted by molar-refractivity contribution is 5.76. The second kappa shape index (κ2) is 7.90. The number of carbonyl (C=O) groups is 1. The highest BCUT2D eigenvalue weighted by Crippen LogP contribution is 2.10. The van der Waals surface area contributed by atoms with Crippen LogP contribution >= 0.6 is 0 Å². The van der Waals surface area contributed by atoms with Crippen molar-refractivity contribution in [3.63, 3.8) is 0 Å². The van der Waals surface area contributed by atoms with Gasteiger partial charge in [-0.3, -0.25) is 9.59 Å². The normalized spacial score (nSPS) is 11.0. The highest BCUT2D eigenvalue weighted by Gasteiger charge is 2.20. The summed E-state index contributed by atoms with van der Waals surface area (Å²) in [5.74, 6) is 1.02. The lowest BCUT2D eigenvalue weighted by Gasteiger charge is -2.25. The molecule has 7 nitrogen and oxygen atoms in total. The molecular weight excluding hydrogens is 308 g/mol. The molecule has 0 N–H and O–H groups in total. The van der Waals surface area contributed by atoms with Crippen molar-refractivity contribution in [3.8, 4) is 0 Å². The van der Waals surface area contributed by atoms with E-state index in [2.05, 4.69) is 10.1 Å². The van der Waals surface area contributed by atoms with Gasteiger partial charge in [0.05, 0.1) is 0 Å². The minimum absolute atomic E-state index is 0.00284. The van der Waals surface area contributed by atoms with E-state index in [-0.39, 0.29) is 30.5 Å². The van der Waals surface area contributed by atoms with E-state index in [1.807, 2.05) is 33.8 Å². The molecule has 7 heteroatoms. The molecule has 2 aromatic heterocycles. The van der Waals surface area contributed by atoms with Gasteiger partial charge in [0.25, 0.3) is 5.56 Å². The molecule has 1 amide bonds. The minimum Gasteiger partial charge on any atom is -0.337 e. The summed E-state index contributed by atoms with van der Waals surface area (Å²) in [5, 5.41) is 3.85. The number of pyridine rings is 1. The Bertz CT molecular complexity index is 748. The lowest BCUT2D eigenvalue weighted by molar-refractivity contribution is -0.134. The Morgan fingerprint density at radius 3 is 2.71 bits per heavy atom. The van der Waals surface area contributed by atoms with Crippen LogP contribution in [0.5, 0.6) is 0 Å². The number of aryl methyl sites for hydroxylation is 2. The first-order chi connectivity index (χ1) is 11.4. The predicted octanol–water partition coefficient (Wildman–Crippen LogP) is 1.93. The van der Waals surface area contributed by atoms with Crippen LogP contribution in [0.1, 0.15) is 44.6 Å². The van der Waals surface area contributed by atoms with Gasteiger partial charge in [-0.1, -0.05) is 18.1 Å². The van der Waals surface area contributed by atoms with Crippen LogP contribution in [-0.2, 0) is 24.3 Å². The van der Waals surface area contributed by atoms with Crippen LogP contribution in [-0.4, -0.2) is 31.6 Å². The van der Waals surface area contributed by atoms with Crippen molar-refractivity contribution in [2.24, 2.45) is 0 Å². The Morgan fingerprint density at radius 1 is 1.38 bits per heavy atom. The van der Waals surface area contributed by atoms with Crippen molar-refractivity contribution >= 4 is 5.91 Å². The molecular formula is C17H24N4O3. The molecule has 0 aliphatic heterocycles. The van der Waals surface area contributed by atoms with Crippen LogP contribution in [0.2, 0.25) is 0 Å². The molecule has 0 bridgehead atoms. The van der Waals surface area contributed by atoms with Crippen LogP contribution in [0.3, 0.4) is 0 Å². The van der Waals surface area contributed by atoms with Gasteiger partial charge in [-0.25, -0.2) is 0 Å². The van der Waals surface area contributed by atoms with E-state index >= 15 is 0 Å². The summed E-state index contributed by atoms with van der Waals surface area (Å²) < 4.78 is 6.79. The van der Waals surface area contributed by atoms with Gasteiger partial charge in [0.2, 0.25) is 11.8 Å². The van der Waals surface area contributed by atoms with Gasteiger partial charge >= 0.3 is 0 Å². The van der Waals surface area contributed by atoms with Crippen LogP contribution in [0, 0.1) is 6.92 Å². The fraction of sp³-hybridized carbons (Fsp3) is 0.529. The van der Waals surface area contributed by atoms with E-state index in [9.17, 15) is 9.59 Å². The second-order valence-corrected chi connectivity index (χ2v) is 5.98. The van der Waals surface area contributed by atoms with Crippen molar-refractivity contribution < 1.29 is 9.32 Å². The molecule has 0 saturated heterocycles. The Hall–Kier alpha value is -2.44. The van der Waals surface area contributed by atoms with Crippen LogP contribution < -0.4 is 5.56 Å². The molecule has 2 rings (SSSR count). The molecule has 2 aromatic rings. The fourth-order valence-corrected chi connectivity index (χ4v) is 2.46. The molecule has 0 radical (unpaired) electrons. The number of nitrogens with zero attached hydrogens (tertiary/aromatic N) is 4. The Kier molecular flexibility index (Phi) is 5.89. The van der Waals surface area contributed by atoms with Crippen molar-refractivity contribution in [1.82, 2.24) is 19.6 Å². The smallest absolute Gasteiger partial charge is 0.250 e. The van der Waals surface area contributed by atoms with Gasteiger partial charge in [0.15, 0.2) is 5.82 Å². The summed E-state index contributed by atoms with van der Waals surface area (Å²) in [6, 6.07) is 5.08. The molecule has 0 fully saturated rings. The SMILES string of the molecule is CCc1noc(CN(C(=O)CCn2c(C)cccc2=O)C(C)C)n1. The van der Waals surface area contributed by atoms with E-state index in [0.717, 1.165) is 5.69 Å². The lowest BCUT2D eigenvalue weighted by Crippen LogP contribution is -2.37. The van der Waals surface area contributed by atoms with E-state index in [1.165, 1.54) is 6.07 Å². The fourth-order valence-electron chi connectivity index (χ4n) is 2.46. The summed E-state index contributed by atoms with van der Waals surface area (Å²) in [5.41, 5.74) is 0.749. The Morgan fingerprint density at radius 2 is 2.12 bits per heavy atom. The van der Waals surface area contributed by atoms with Gasteiger partial charge in [0.1, 0.15) is 6.54 Å². The van der Waals surface area contributed by atoms with E-state index < -0.39 is 0 Å². The Labute approximate surface area is 141 Å². The average molecular weight is 332 g/mol. The zero-order valence-electron chi connectivity index (χ0n) is 14.7. The molecule has 0 spiro atoms. The summed E-state index contributed by atoms with van der Waals surface area (Å²) in [6.07, 6.45) is 0.938. The zero-order chi connectivity index (χ0) is 17.7. The topological polar surface area (TPSA) is 81.2 Å². The molecule has 130 valence electrons. The van der Waals surface area contributed by atoms with Gasteiger partial charge < -0.3 is 14.0 Å². The molecule has 0 aliphatic rings. The third-order valence-electron chi connectivity index (χ3n) is 3.89. The third-order valence-corrected chi connectivity index (χ3v) is 3.89. The number of aromatic nitrogens is 3. The van der Waals surface area contributed by atoms with Crippen molar-refractivity contribution in [2.45, 2.75) is 59.7 Å². The highest BCUT2D eigenvalue weighted by atomic mass is 16.5. The predicted molar refractivity (Wildman–Crippen MR) is 89.4 cm³/mol. The molecule has 0 unspecified atom stereocenters. The molecule has 0 aliphatic carbocycles. The molecule has 0 aromatic carbocycles. The molecule has 0 saturated carbocycles. The molecule has 0 atom stereocenters. The summed E-state index contributed by atoms with van der Waals surface area (Å²) in [6.45, 7) is 8.32. The van der Waals surface area contributed by atoms with Crippen molar-refractivity contribution in [3.05, 3.63) is 46.0 Å². The van der Waals surface area contributed by atoms with Crippen LogP contribution in [0.25, 0.3) is 0 Å². The van der Waals surface area contributed by atoms with Crippen LogP contribution in [0.15, 0.2) is 27.5 Å². The molecule has 2 heterocycles. The molecule has 24 heavy (non-hydrogen) atoms. The number of hydrogen-bond donors (Lipinski definition) is 0. The summed E-state index contributed by atoms with van der Waals surface area (Å²) in [7, 11) is 0. The zero-order valence-corrected chi connectivity index (χ0v) is 14.7. The van der Waals surface area contributed by atoms with Gasteiger partial charge in [-0.2, -0.15) is 4.98 Å². The van der Waals surface area contributed by atoms with Crippen LogP contribution in [0.4, 0.5) is 0 Å². The number of amides is 1. The first kappa shape index (κ1) is 17.9. The van der Waals surface area contributed by atoms with E-state index in [1.54, 1.807) is 15.5 Å². The monoisotopic (exact) mass is 332 g/mol.